The maximum atomic E-state index is 12.4. The molecule has 0 saturated heterocycles. The Hall–Kier alpha value is -0.950. The van der Waals surface area contributed by atoms with E-state index in [4.69, 9.17) is 10.8 Å². The molecule has 1 rings (SSSR count). The van der Waals surface area contributed by atoms with Crippen molar-refractivity contribution in [3.05, 3.63) is 29.8 Å². The Balaban J connectivity index is 2.91. The summed E-state index contributed by atoms with van der Waals surface area (Å²) in [5.74, 6) is 0. The van der Waals surface area contributed by atoms with Gasteiger partial charge in [0.05, 0.1) is 4.90 Å². The van der Waals surface area contributed by atoms with Gasteiger partial charge in [0.25, 0.3) is 0 Å². The summed E-state index contributed by atoms with van der Waals surface area (Å²) in [6.07, 6.45) is 1.18. The quantitative estimate of drug-likeness (QED) is 0.732. The minimum Gasteiger partial charge on any atom is -0.396 e. The molecule has 1 aromatic rings. The first kappa shape index (κ1) is 16.1. The maximum absolute atomic E-state index is 12.4. The molecule has 0 unspecified atom stereocenters. The zero-order valence-electron chi connectivity index (χ0n) is 11.2. The second-order valence-corrected chi connectivity index (χ2v) is 6.19. The second kappa shape index (κ2) is 7.59. The van der Waals surface area contributed by atoms with Crippen molar-refractivity contribution in [2.75, 3.05) is 26.2 Å². The van der Waals surface area contributed by atoms with E-state index in [0.29, 0.717) is 26.1 Å². The fourth-order valence-corrected chi connectivity index (χ4v) is 3.33. The predicted molar refractivity (Wildman–Crippen MR) is 75.3 cm³/mol. The SMILES string of the molecule is CCN(CCCO)S(=O)(=O)c1ccc(CCN)cc1. The van der Waals surface area contributed by atoms with Crippen LogP contribution in [0.4, 0.5) is 0 Å². The van der Waals surface area contributed by atoms with Crippen LogP contribution in [0.2, 0.25) is 0 Å². The van der Waals surface area contributed by atoms with E-state index in [1.165, 1.54) is 4.31 Å². The largest absolute Gasteiger partial charge is 0.396 e. The highest BCUT2D eigenvalue weighted by Crippen LogP contribution is 2.16. The Labute approximate surface area is 115 Å². The first-order chi connectivity index (χ1) is 9.06. The Kier molecular flexibility index (Phi) is 6.44. The van der Waals surface area contributed by atoms with Crippen molar-refractivity contribution in [1.82, 2.24) is 4.31 Å². The van der Waals surface area contributed by atoms with Gasteiger partial charge in [-0.1, -0.05) is 19.1 Å². The predicted octanol–water partition coefficient (Wildman–Crippen LogP) is 0.581. The van der Waals surface area contributed by atoms with Gasteiger partial charge < -0.3 is 10.8 Å². The summed E-state index contributed by atoms with van der Waals surface area (Å²) >= 11 is 0. The summed E-state index contributed by atoms with van der Waals surface area (Å²) < 4.78 is 26.1. The van der Waals surface area contributed by atoms with Crippen molar-refractivity contribution in [2.24, 2.45) is 5.73 Å². The van der Waals surface area contributed by atoms with Gasteiger partial charge in [0.1, 0.15) is 0 Å². The Morgan fingerprint density at radius 3 is 2.37 bits per heavy atom. The number of benzene rings is 1. The molecule has 0 aromatic heterocycles. The van der Waals surface area contributed by atoms with Crippen LogP contribution in [0.25, 0.3) is 0 Å². The van der Waals surface area contributed by atoms with Crippen LogP contribution in [0.5, 0.6) is 0 Å². The molecule has 19 heavy (non-hydrogen) atoms. The van der Waals surface area contributed by atoms with Crippen LogP contribution in [0.1, 0.15) is 18.9 Å². The maximum Gasteiger partial charge on any atom is 0.243 e. The number of nitrogens with zero attached hydrogens (tertiary/aromatic N) is 1. The zero-order valence-corrected chi connectivity index (χ0v) is 12.1. The number of hydrogen-bond donors (Lipinski definition) is 2. The molecule has 0 spiro atoms. The lowest BCUT2D eigenvalue weighted by atomic mass is 10.2. The monoisotopic (exact) mass is 286 g/mol. The molecule has 6 heteroatoms. The Morgan fingerprint density at radius 1 is 1.26 bits per heavy atom. The molecule has 3 N–H and O–H groups in total. The van der Waals surface area contributed by atoms with Crippen molar-refractivity contribution < 1.29 is 13.5 Å². The lowest BCUT2D eigenvalue weighted by molar-refractivity contribution is 0.271. The van der Waals surface area contributed by atoms with Crippen molar-refractivity contribution >= 4 is 10.0 Å². The molecule has 0 fully saturated rings. The fourth-order valence-electron chi connectivity index (χ4n) is 1.84. The van der Waals surface area contributed by atoms with Gasteiger partial charge in [-0.15, -0.1) is 0 Å². The van der Waals surface area contributed by atoms with Gasteiger partial charge in [-0.05, 0) is 37.1 Å². The van der Waals surface area contributed by atoms with E-state index in [1.807, 2.05) is 0 Å². The van der Waals surface area contributed by atoms with E-state index >= 15 is 0 Å². The summed E-state index contributed by atoms with van der Waals surface area (Å²) in [5, 5.41) is 8.81. The average Bonchev–Trinajstić information content (AvgIpc) is 2.40. The van der Waals surface area contributed by atoms with E-state index < -0.39 is 10.0 Å². The standard InChI is InChI=1S/C13H22N2O3S/c1-2-15(10-3-11-16)19(17,18)13-6-4-12(5-7-13)8-9-14/h4-7,16H,2-3,8-11,14H2,1H3. The minimum atomic E-state index is -3.46. The summed E-state index contributed by atoms with van der Waals surface area (Å²) in [4.78, 5) is 0.285. The van der Waals surface area contributed by atoms with Gasteiger partial charge >= 0.3 is 0 Å². The molecule has 0 aliphatic carbocycles. The third kappa shape index (κ3) is 4.28. The highest BCUT2D eigenvalue weighted by Gasteiger charge is 2.22. The van der Waals surface area contributed by atoms with Gasteiger partial charge in [-0.3, -0.25) is 0 Å². The highest BCUT2D eigenvalue weighted by molar-refractivity contribution is 7.89. The van der Waals surface area contributed by atoms with Crippen molar-refractivity contribution in [3.8, 4) is 0 Å². The van der Waals surface area contributed by atoms with Crippen LogP contribution in [0.15, 0.2) is 29.2 Å². The molecular formula is C13H22N2O3S. The van der Waals surface area contributed by atoms with Crippen LogP contribution < -0.4 is 5.73 Å². The first-order valence-electron chi connectivity index (χ1n) is 6.46. The Morgan fingerprint density at radius 2 is 1.89 bits per heavy atom. The van der Waals surface area contributed by atoms with Crippen molar-refractivity contribution in [2.45, 2.75) is 24.7 Å². The van der Waals surface area contributed by atoms with E-state index in [0.717, 1.165) is 12.0 Å². The van der Waals surface area contributed by atoms with Crippen LogP contribution >= 0.6 is 0 Å². The third-order valence-corrected chi connectivity index (χ3v) is 4.90. The van der Waals surface area contributed by atoms with Crippen LogP contribution in [0, 0.1) is 0 Å². The number of rotatable bonds is 8. The molecular weight excluding hydrogens is 264 g/mol. The highest BCUT2D eigenvalue weighted by atomic mass is 32.2. The molecule has 108 valence electrons. The van der Waals surface area contributed by atoms with E-state index in [2.05, 4.69) is 0 Å². The fraction of sp³-hybridized carbons (Fsp3) is 0.538. The third-order valence-electron chi connectivity index (χ3n) is 2.91. The van der Waals surface area contributed by atoms with Gasteiger partial charge in [-0.2, -0.15) is 4.31 Å². The molecule has 0 atom stereocenters. The smallest absolute Gasteiger partial charge is 0.243 e. The van der Waals surface area contributed by atoms with Gasteiger partial charge in [0.2, 0.25) is 10.0 Å². The van der Waals surface area contributed by atoms with E-state index in [-0.39, 0.29) is 11.5 Å². The molecule has 0 amide bonds. The van der Waals surface area contributed by atoms with Crippen LogP contribution in [0.3, 0.4) is 0 Å². The van der Waals surface area contributed by atoms with Crippen molar-refractivity contribution in [3.63, 3.8) is 0 Å². The lowest BCUT2D eigenvalue weighted by Gasteiger charge is -2.20. The van der Waals surface area contributed by atoms with Crippen molar-refractivity contribution in [1.29, 1.82) is 0 Å². The van der Waals surface area contributed by atoms with Crippen LogP contribution in [-0.2, 0) is 16.4 Å². The molecule has 0 heterocycles. The summed E-state index contributed by atoms with van der Waals surface area (Å²) in [5.41, 5.74) is 6.49. The topological polar surface area (TPSA) is 83.6 Å². The number of aliphatic hydroxyl groups excluding tert-OH is 1. The van der Waals surface area contributed by atoms with Crippen LogP contribution in [-0.4, -0.2) is 44.1 Å². The first-order valence-corrected chi connectivity index (χ1v) is 7.90. The minimum absolute atomic E-state index is 0.0124. The average molecular weight is 286 g/mol. The molecule has 1 aromatic carbocycles. The molecule has 5 nitrogen and oxygen atoms in total. The second-order valence-electron chi connectivity index (χ2n) is 4.26. The molecule has 0 aliphatic rings. The number of sulfonamides is 1. The Bertz CT molecular complexity index is 471. The van der Waals surface area contributed by atoms with E-state index in [1.54, 1.807) is 31.2 Å². The van der Waals surface area contributed by atoms with Gasteiger partial charge in [-0.25, -0.2) is 8.42 Å². The lowest BCUT2D eigenvalue weighted by Crippen LogP contribution is -2.32. The molecule has 0 radical (unpaired) electrons. The summed E-state index contributed by atoms with van der Waals surface area (Å²) in [7, 11) is -3.46. The van der Waals surface area contributed by atoms with Gasteiger partial charge in [0.15, 0.2) is 0 Å². The number of aliphatic hydroxyl groups is 1. The zero-order chi connectivity index (χ0) is 14.3. The summed E-state index contributed by atoms with van der Waals surface area (Å²) in [6.45, 7) is 3.05. The number of hydrogen-bond acceptors (Lipinski definition) is 4. The number of nitrogens with two attached hydrogens (primary N) is 1. The molecule has 0 aliphatic heterocycles. The molecule has 0 saturated carbocycles. The van der Waals surface area contributed by atoms with E-state index in [9.17, 15) is 8.42 Å². The normalized spacial score (nSPS) is 12.0. The summed E-state index contributed by atoms with van der Waals surface area (Å²) in [6, 6.07) is 6.81. The van der Waals surface area contributed by atoms with Gasteiger partial charge in [0, 0.05) is 19.7 Å². The molecule has 0 bridgehead atoms.